The summed E-state index contributed by atoms with van der Waals surface area (Å²) in [6.45, 7) is 1.76. The van der Waals surface area contributed by atoms with Gasteiger partial charge in [-0.1, -0.05) is 11.6 Å². The van der Waals surface area contributed by atoms with Crippen LogP contribution < -0.4 is 5.32 Å². The van der Waals surface area contributed by atoms with Gasteiger partial charge in [0.2, 0.25) is 0 Å². The molecule has 1 aliphatic heterocycles. The minimum atomic E-state index is -3.02. The number of nitrogens with one attached hydrogen (secondary N) is 1. The van der Waals surface area contributed by atoms with Gasteiger partial charge in [-0.05, 0) is 37.6 Å². The van der Waals surface area contributed by atoms with Crippen LogP contribution in [0, 0.1) is 0 Å². The van der Waals surface area contributed by atoms with E-state index >= 15 is 0 Å². The predicted octanol–water partition coefficient (Wildman–Crippen LogP) is 1.65. The molecule has 98 valence electrons. The van der Waals surface area contributed by atoms with Gasteiger partial charge in [0, 0.05) is 10.6 Å². The third-order valence-corrected chi connectivity index (χ3v) is 5.18. The highest BCUT2D eigenvalue weighted by Gasteiger charge is 2.39. The van der Waals surface area contributed by atoms with Crippen LogP contribution in [0.4, 0.5) is 0 Å². The predicted molar refractivity (Wildman–Crippen MR) is 70.6 cm³/mol. The van der Waals surface area contributed by atoms with Gasteiger partial charge >= 0.3 is 0 Å². The fourth-order valence-electron chi connectivity index (χ4n) is 2.06. The number of amides is 1. The molecule has 6 heteroatoms. The summed E-state index contributed by atoms with van der Waals surface area (Å²) in [4.78, 5) is 12.0. The van der Waals surface area contributed by atoms with Gasteiger partial charge < -0.3 is 5.32 Å². The van der Waals surface area contributed by atoms with Crippen LogP contribution in [0.5, 0.6) is 0 Å². The molecule has 18 heavy (non-hydrogen) atoms. The fourth-order valence-corrected chi connectivity index (χ4v) is 4.28. The van der Waals surface area contributed by atoms with Gasteiger partial charge in [0.05, 0.1) is 17.0 Å². The highest BCUT2D eigenvalue weighted by atomic mass is 35.5. The highest BCUT2D eigenvalue weighted by Crippen LogP contribution is 2.23. The zero-order valence-electron chi connectivity index (χ0n) is 9.94. The van der Waals surface area contributed by atoms with Crippen LogP contribution >= 0.6 is 11.6 Å². The second-order valence-electron chi connectivity index (χ2n) is 4.86. The summed E-state index contributed by atoms with van der Waals surface area (Å²) in [5.41, 5.74) is -0.194. The van der Waals surface area contributed by atoms with Crippen LogP contribution in [0.3, 0.4) is 0 Å². The average Bonchev–Trinajstić information content (AvgIpc) is 2.53. The van der Waals surface area contributed by atoms with E-state index in [1.54, 1.807) is 31.2 Å². The number of rotatable bonds is 2. The first kappa shape index (κ1) is 13.4. The Labute approximate surface area is 111 Å². The standard InChI is InChI=1S/C12H14ClNO3S/c1-12(6-7-18(16,17)8-12)14-11(15)9-2-4-10(13)5-3-9/h2-5H,6-8H2,1H3,(H,14,15). The molecule has 0 saturated carbocycles. The third kappa shape index (κ3) is 3.03. The van der Waals surface area contributed by atoms with E-state index in [-0.39, 0.29) is 17.4 Å². The van der Waals surface area contributed by atoms with Crippen LogP contribution in [0.1, 0.15) is 23.7 Å². The number of hydrogen-bond acceptors (Lipinski definition) is 3. The summed E-state index contributed by atoms with van der Waals surface area (Å²) in [7, 11) is -3.02. The van der Waals surface area contributed by atoms with Crippen molar-refractivity contribution in [3.8, 4) is 0 Å². The van der Waals surface area contributed by atoms with E-state index in [0.29, 0.717) is 17.0 Å². The van der Waals surface area contributed by atoms with Crippen LogP contribution in [0.25, 0.3) is 0 Å². The van der Waals surface area contributed by atoms with Crippen molar-refractivity contribution in [2.24, 2.45) is 0 Å². The van der Waals surface area contributed by atoms with Crippen molar-refractivity contribution in [2.45, 2.75) is 18.9 Å². The molecule has 1 fully saturated rings. The Hall–Kier alpha value is -1.07. The lowest BCUT2D eigenvalue weighted by Gasteiger charge is -2.23. The first-order valence-corrected chi connectivity index (χ1v) is 7.78. The summed E-state index contributed by atoms with van der Waals surface area (Å²) in [6.07, 6.45) is 0.453. The summed E-state index contributed by atoms with van der Waals surface area (Å²) >= 11 is 5.74. The molecule has 1 saturated heterocycles. The van der Waals surface area contributed by atoms with Crippen molar-refractivity contribution in [1.29, 1.82) is 0 Å². The SMILES string of the molecule is CC1(NC(=O)c2ccc(Cl)cc2)CCS(=O)(=O)C1. The van der Waals surface area contributed by atoms with Crippen molar-refractivity contribution in [3.05, 3.63) is 34.9 Å². The largest absolute Gasteiger partial charge is 0.346 e. The lowest BCUT2D eigenvalue weighted by Crippen LogP contribution is -2.46. The third-order valence-electron chi connectivity index (χ3n) is 3.03. The van der Waals surface area contributed by atoms with Crippen molar-refractivity contribution in [2.75, 3.05) is 11.5 Å². The molecule has 1 atom stereocenters. The first-order valence-electron chi connectivity index (χ1n) is 5.58. The molecule has 1 aliphatic rings. The molecule has 0 bridgehead atoms. The molecule has 1 amide bonds. The Morgan fingerprint density at radius 3 is 2.44 bits per heavy atom. The van der Waals surface area contributed by atoms with Crippen LogP contribution in [0.2, 0.25) is 5.02 Å². The zero-order chi connectivity index (χ0) is 13.4. The summed E-state index contributed by atoms with van der Waals surface area (Å²) < 4.78 is 22.9. The number of benzene rings is 1. The lowest BCUT2D eigenvalue weighted by molar-refractivity contribution is 0.0915. The minimum Gasteiger partial charge on any atom is -0.346 e. The van der Waals surface area contributed by atoms with E-state index in [1.807, 2.05) is 0 Å². The molecule has 0 spiro atoms. The Kier molecular flexibility index (Phi) is 3.38. The Balaban J connectivity index is 2.10. The van der Waals surface area contributed by atoms with Gasteiger partial charge in [-0.25, -0.2) is 8.42 Å². The maximum Gasteiger partial charge on any atom is 0.251 e. The smallest absolute Gasteiger partial charge is 0.251 e. The topological polar surface area (TPSA) is 63.2 Å². The molecule has 1 heterocycles. The normalized spacial score (nSPS) is 25.9. The molecule has 1 aromatic rings. The first-order chi connectivity index (χ1) is 8.30. The van der Waals surface area contributed by atoms with Gasteiger partial charge in [-0.3, -0.25) is 4.79 Å². The molecule has 2 rings (SSSR count). The monoisotopic (exact) mass is 287 g/mol. The molecular weight excluding hydrogens is 274 g/mol. The summed E-state index contributed by atoms with van der Waals surface area (Å²) in [5.74, 6) is -0.143. The quantitative estimate of drug-likeness (QED) is 0.899. The Morgan fingerprint density at radius 2 is 1.94 bits per heavy atom. The second-order valence-corrected chi connectivity index (χ2v) is 7.48. The Morgan fingerprint density at radius 1 is 1.33 bits per heavy atom. The second kappa shape index (κ2) is 4.55. The van der Waals surface area contributed by atoms with Crippen LogP contribution in [-0.2, 0) is 9.84 Å². The van der Waals surface area contributed by atoms with Gasteiger partial charge in [-0.2, -0.15) is 0 Å². The minimum absolute atomic E-state index is 0.000665. The van der Waals surface area contributed by atoms with Crippen molar-refractivity contribution < 1.29 is 13.2 Å². The number of halogens is 1. The van der Waals surface area contributed by atoms with Crippen molar-refractivity contribution >= 4 is 27.3 Å². The summed E-state index contributed by atoms with van der Waals surface area (Å²) in [6, 6.07) is 6.49. The fraction of sp³-hybridized carbons (Fsp3) is 0.417. The molecule has 1 unspecified atom stereocenters. The van der Waals surface area contributed by atoms with Gasteiger partial charge in [0.1, 0.15) is 0 Å². The molecule has 4 nitrogen and oxygen atoms in total. The highest BCUT2D eigenvalue weighted by molar-refractivity contribution is 7.91. The average molecular weight is 288 g/mol. The van der Waals surface area contributed by atoms with E-state index in [9.17, 15) is 13.2 Å². The molecule has 1 aromatic carbocycles. The van der Waals surface area contributed by atoms with Gasteiger partial charge in [0.15, 0.2) is 9.84 Å². The van der Waals surface area contributed by atoms with E-state index < -0.39 is 15.4 Å². The van der Waals surface area contributed by atoms with Crippen LogP contribution in [0.15, 0.2) is 24.3 Å². The van der Waals surface area contributed by atoms with Gasteiger partial charge in [0.25, 0.3) is 5.91 Å². The van der Waals surface area contributed by atoms with E-state index in [0.717, 1.165) is 0 Å². The number of hydrogen-bond donors (Lipinski definition) is 1. The van der Waals surface area contributed by atoms with Crippen molar-refractivity contribution in [3.63, 3.8) is 0 Å². The lowest BCUT2D eigenvalue weighted by atomic mass is 10.0. The molecule has 0 radical (unpaired) electrons. The molecule has 0 aliphatic carbocycles. The van der Waals surface area contributed by atoms with Crippen LogP contribution in [-0.4, -0.2) is 31.4 Å². The number of sulfone groups is 1. The maximum absolute atomic E-state index is 12.0. The maximum atomic E-state index is 12.0. The van der Waals surface area contributed by atoms with Gasteiger partial charge in [-0.15, -0.1) is 0 Å². The molecular formula is C12H14ClNO3S. The van der Waals surface area contributed by atoms with Crippen molar-refractivity contribution in [1.82, 2.24) is 5.32 Å². The summed E-state index contributed by atoms with van der Waals surface area (Å²) in [5, 5.41) is 3.34. The number of carbonyl (C=O) groups is 1. The molecule has 0 aromatic heterocycles. The Bertz CT molecular complexity index is 567. The molecule has 1 N–H and O–H groups in total. The van der Waals surface area contributed by atoms with E-state index in [1.165, 1.54) is 0 Å². The zero-order valence-corrected chi connectivity index (χ0v) is 11.5. The van der Waals surface area contributed by atoms with E-state index in [4.69, 9.17) is 11.6 Å². The number of carbonyl (C=O) groups excluding carboxylic acids is 1. The van der Waals surface area contributed by atoms with E-state index in [2.05, 4.69) is 5.32 Å².